The summed E-state index contributed by atoms with van der Waals surface area (Å²) in [7, 11) is 1.86. The van der Waals surface area contributed by atoms with Gasteiger partial charge in [0.1, 0.15) is 0 Å². The van der Waals surface area contributed by atoms with Gasteiger partial charge in [0.25, 0.3) is 0 Å². The highest BCUT2D eigenvalue weighted by molar-refractivity contribution is 5.88. The van der Waals surface area contributed by atoms with Crippen molar-refractivity contribution in [3.8, 4) is 11.3 Å². The Bertz CT molecular complexity index is 588. The first-order chi connectivity index (χ1) is 8.65. The normalized spacial score (nSPS) is 10.2. The van der Waals surface area contributed by atoms with Crippen molar-refractivity contribution in [3.05, 3.63) is 47.2 Å². The van der Waals surface area contributed by atoms with Crippen LogP contribution in [0.1, 0.15) is 16.7 Å². The fourth-order valence-corrected chi connectivity index (χ4v) is 1.85. The maximum absolute atomic E-state index is 7.44. The first kappa shape index (κ1) is 12.3. The molecule has 0 aliphatic rings. The van der Waals surface area contributed by atoms with Crippen LogP contribution in [0.15, 0.2) is 30.5 Å². The molecule has 0 unspecified atom stereocenters. The number of hydrogen-bond donors (Lipinski definition) is 2. The zero-order chi connectivity index (χ0) is 13.1. The molecular formula is C15H17N3. The predicted molar refractivity (Wildman–Crippen MR) is 76.6 cm³/mol. The average molecular weight is 239 g/mol. The Morgan fingerprint density at radius 2 is 1.94 bits per heavy atom. The number of benzene rings is 1. The van der Waals surface area contributed by atoms with Gasteiger partial charge in [-0.05, 0) is 43.2 Å². The van der Waals surface area contributed by atoms with Gasteiger partial charge in [-0.2, -0.15) is 0 Å². The Labute approximate surface area is 107 Å². The fourth-order valence-electron chi connectivity index (χ4n) is 1.85. The van der Waals surface area contributed by atoms with Crippen LogP contribution in [0, 0.1) is 19.3 Å². The number of nitrogens with zero attached hydrogens (tertiary/aromatic N) is 1. The molecule has 0 atom stereocenters. The van der Waals surface area contributed by atoms with Crippen molar-refractivity contribution in [2.45, 2.75) is 13.8 Å². The molecule has 3 heteroatoms. The molecule has 18 heavy (non-hydrogen) atoms. The summed E-state index contributed by atoms with van der Waals surface area (Å²) in [5.74, 6) is 0. The van der Waals surface area contributed by atoms with Gasteiger partial charge in [-0.15, -0.1) is 0 Å². The van der Waals surface area contributed by atoms with Gasteiger partial charge in [0.2, 0.25) is 0 Å². The third-order valence-corrected chi connectivity index (χ3v) is 3.14. The molecule has 0 aliphatic heterocycles. The van der Waals surface area contributed by atoms with E-state index in [-0.39, 0.29) is 0 Å². The summed E-state index contributed by atoms with van der Waals surface area (Å²) in [6.07, 6.45) is 3.25. The molecule has 0 saturated heterocycles. The molecule has 2 aromatic rings. The first-order valence-electron chi connectivity index (χ1n) is 5.91. The van der Waals surface area contributed by atoms with E-state index in [4.69, 9.17) is 5.41 Å². The Morgan fingerprint density at radius 1 is 1.17 bits per heavy atom. The van der Waals surface area contributed by atoms with Crippen LogP contribution in [0.2, 0.25) is 0 Å². The topological polar surface area (TPSA) is 48.8 Å². The summed E-state index contributed by atoms with van der Waals surface area (Å²) >= 11 is 0. The van der Waals surface area contributed by atoms with E-state index in [1.165, 1.54) is 17.3 Å². The maximum Gasteiger partial charge on any atom is 0.0705 e. The third kappa shape index (κ3) is 2.25. The summed E-state index contributed by atoms with van der Waals surface area (Å²) in [6, 6.07) is 8.07. The number of rotatable bonds is 3. The zero-order valence-electron chi connectivity index (χ0n) is 10.9. The van der Waals surface area contributed by atoms with Crippen LogP contribution in [-0.2, 0) is 0 Å². The van der Waals surface area contributed by atoms with E-state index in [2.05, 4.69) is 30.2 Å². The molecule has 2 N–H and O–H groups in total. The highest BCUT2D eigenvalue weighted by atomic mass is 14.8. The minimum Gasteiger partial charge on any atom is -0.388 e. The third-order valence-electron chi connectivity index (χ3n) is 3.14. The largest absolute Gasteiger partial charge is 0.388 e. The number of nitrogens with one attached hydrogen (secondary N) is 2. The van der Waals surface area contributed by atoms with Gasteiger partial charge in [0, 0.05) is 36.3 Å². The summed E-state index contributed by atoms with van der Waals surface area (Å²) in [5.41, 5.74) is 6.24. The molecule has 0 radical (unpaired) electrons. The number of anilines is 1. The number of hydrogen-bond acceptors (Lipinski definition) is 3. The fraction of sp³-hybridized carbons (Fsp3) is 0.200. The smallest absolute Gasteiger partial charge is 0.0705 e. The van der Waals surface area contributed by atoms with E-state index in [0.717, 1.165) is 22.5 Å². The van der Waals surface area contributed by atoms with Gasteiger partial charge in [0.05, 0.1) is 5.69 Å². The van der Waals surface area contributed by atoms with Crippen LogP contribution in [-0.4, -0.2) is 18.2 Å². The number of aromatic nitrogens is 1. The lowest BCUT2D eigenvalue weighted by atomic mass is 10.0. The highest BCUT2D eigenvalue weighted by Crippen LogP contribution is 2.24. The molecule has 2 rings (SSSR count). The average Bonchev–Trinajstić information content (AvgIpc) is 2.41. The SMILES string of the molecule is CNc1ccc(-c2cc(C)c(C)cn2)cc1C=N. The second-order valence-corrected chi connectivity index (χ2v) is 4.35. The minimum absolute atomic E-state index is 0.870. The second kappa shape index (κ2) is 5.00. The monoisotopic (exact) mass is 239 g/mol. The standard InChI is InChI=1S/C15H17N3/c1-10-6-15(18-9-11(10)2)12-4-5-14(17-3)13(7-12)8-16/h4-9,16-17H,1-3H3. The van der Waals surface area contributed by atoms with E-state index in [1.54, 1.807) is 0 Å². The summed E-state index contributed by atoms with van der Waals surface area (Å²) in [5, 5.41) is 10.5. The quantitative estimate of drug-likeness (QED) is 0.806. The van der Waals surface area contributed by atoms with Gasteiger partial charge in [-0.1, -0.05) is 6.07 Å². The van der Waals surface area contributed by atoms with Crippen LogP contribution >= 0.6 is 0 Å². The molecule has 0 amide bonds. The van der Waals surface area contributed by atoms with Crippen molar-refractivity contribution in [2.24, 2.45) is 0 Å². The predicted octanol–water partition coefficient (Wildman–Crippen LogP) is 3.40. The lowest BCUT2D eigenvalue weighted by molar-refractivity contribution is 1.22. The molecule has 3 nitrogen and oxygen atoms in total. The number of aryl methyl sites for hydroxylation is 2. The van der Waals surface area contributed by atoms with E-state index < -0.39 is 0 Å². The lowest BCUT2D eigenvalue weighted by Crippen LogP contribution is -1.95. The van der Waals surface area contributed by atoms with Crippen molar-refractivity contribution >= 4 is 11.9 Å². The van der Waals surface area contributed by atoms with E-state index in [9.17, 15) is 0 Å². The van der Waals surface area contributed by atoms with E-state index in [0.29, 0.717) is 0 Å². The molecule has 1 heterocycles. The van der Waals surface area contributed by atoms with Gasteiger partial charge in [-0.25, -0.2) is 0 Å². The molecule has 0 fully saturated rings. The number of pyridine rings is 1. The van der Waals surface area contributed by atoms with Crippen molar-refractivity contribution in [2.75, 3.05) is 12.4 Å². The summed E-state index contributed by atoms with van der Waals surface area (Å²) < 4.78 is 0. The van der Waals surface area contributed by atoms with Crippen LogP contribution in [0.4, 0.5) is 5.69 Å². The first-order valence-corrected chi connectivity index (χ1v) is 5.91. The van der Waals surface area contributed by atoms with Crippen molar-refractivity contribution in [1.29, 1.82) is 5.41 Å². The molecule has 1 aromatic heterocycles. The molecule has 92 valence electrons. The van der Waals surface area contributed by atoms with Crippen LogP contribution in [0.5, 0.6) is 0 Å². The Morgan fingerprint density at radius 3 is 2.56 bits per heavy atom. The minimum atomic E-state index is 0.870. The van der Waals surface area contributed by atoms with Gasteiger partial charge < -0.3 is 10.7 Å². The van der Waals surface area contributed by atoms with Gasteiger partial charge in [0.15, 0.2) is 0 Å². The Kier molecular flexibility index (Phi) is 3.42. The Balaban J connectivity index is 2.50. The molecule has 0 bridgehead atoms. The molecule has 0 saturated carbocycles. The summed E-state index contributed by atoms with van der Waals surface area (Å²) in [6.45, 7) is 4.14. The van der Waals surface area contributed by atoms with E-state index in [1.807, 2.05) is 31.4 Å². The molecule has 0 spiro atoms. The highest BCUT2D eigenvalue weighted by Gasteiger charge is 2.05. The zero-order valence-corrected chi connectivity index (χ0v) is 10.9. The maximum atomic E-state index is 7.44. The van der Waals surface area contributed by atoms with Gasteiger partial charge in [-0.3, -0.25) is 4.98 Å². The van der Waals surface area contributed by atoms with Crippen molar-refractivity contribution < 1.29 is 0 Å². The van der Waals surface area contributed by atoms with Crippen LogP contribution < -0.4 is 5.32 Å². The molecule has 0 aliphatic carbocycles. The second-order valence-electron chi connectivity index (χ2n) is 4.35. The van der Waals surface area contributed by atoms with Crippen molar-refractivity contribution in [1.82, 2.24) is 4.98 Å². The van der Waals surface area contributed by atoms with Crippen LogP contribution in [0.25, 0.3) is 11.3 Å². The van der Waals surface area contributed by atoms with Crippen LogP contribution in [0.3, 0.4) is 0 Å². The molecular weight excluding hydrogens is 222 g/mol. The lowest BCUT2D eigenvalue weighted by Gasteiger charge is -2.09. The Hall–Kier alpha value is -2.16. The van der Waals surface area contributed by atoms with Gasteiger partial charge >= 0.3 is 0 Å². The summed E-state index contributed by atoms with van der Waals surface area (Å²) in [4.78, 5) is 4.44. The molecule has 1 aromatic carbocycles. The van der Waals surface area contributed by atoms with E-state index >= 15 is 0 Å². The van der Waals surface area contributed by atoms with Crippen molar-refractivity contribution in [3.63, 3.8) is 0 Å².